The van der Waals surface area contributed by atoms with E-state index in [1.807, 2.05) is 6.07 Å². The fraction of sp³-hybridized carbons (Fsp3) is 0.421. The molecule has 1 saturated heterocycles. The van der Waals surface area contributed by atoms with Crippen molar-refractivity contribution in [2.45, 2.75) is 32.1 Å². The van der Waals surface area contributed by atoms with Crippen molar-refractivity contribution in [3.05, 3.63) is 47.9 Å². The minimum atomic E-state index is 0.0752. The maximum Gasteiger partial charge on any atom is 0.227 e. The predicted octanol–water partition coefficient (Wildman–Crippen LogP) is 2.82. The Kier molecular flexibility index (Phi) is 4.15. The van der Waals surface area contributed by atoms with Gasteiger partial charge in [0.05, 0.1) is 6.20 Å². The number of benzene rings is 1. The Morgan fingerprint density at radius 1 is 1.12 bits per heavy atom. The zero-order valence-corrected chi connectivity index (χ0v) is 13.7. The number of piperidine rings is 1. The van der Waals surface area contributed by atoms with Crippen LogP contribution in [0.4, 0.5) is 11.5 Å². The number of fused-ring (bicyclic) bond motifs is 1. The fourth-order valence-corrected chi connectivity index (χ4v) is 3.72. The normalized spacial score (nSPS) is 17.6. The van der Waals surface area contributed by atoms with E-state index >= 15 is 0 Å². The minimum Gasteiger partial charge on any atom is -0.355 e. The smallest absolute Gasteiger partial charge is 0.227 e. The van der Waals surface area contributed by atoms with E-state index in [0.717, 1.165) is 43.9 Å². The molecule has 5 heteroatoms. The van der Waals surface area contributed by atoms with Gasteiger partial charge in [-0.05, 0) is 55.4 Å². The average Bonchev–Trinajstić information content (AvgIpc) is 3.10. The summed E-state index contributed by atoms with van der Waals surface area (Å²) in [7, 11) is 0. The summed E-state index contributed by atoms with van der Waals surface area (Å²) in [6.07, 6.45) is 10.4. The molecule has 2 aromatic rings. The number of nitrogens with one attached hydrogen (secondary N) is 1. The molecule has 0 atom stereocenters. The van der Waals surface area contributed by atoms with Crippen molar-refractivity contribution in [1.29, 1.82) is 0 Å². The second-order valence-corrected chi connectivity index (χ2v) is 6.65. The highest BCUT2D eigenvalue weighted by Crippen LogP contribution is 2.26. The highest BCUT2D eigenvalue weighted by atomic mass is 16.1. The maximum absolute atomic E-state index is 12.6. The Bertz CT molecular complexity index is 723. The van der Waals surface area contributed by atoms with Crippen LogP contribution in [0.5, 0.6) is 0 Å². The van der Waals surface area contributed by atoms with E-state index in [-0.39, 0.29) is 11.8 Å². The maximum atomic E-state index is 12.6. The zero-order valence-electron chi connectivity index (χ0n) is 13.7. The molecule has 1 amide bonds. The number of hydrogen-bond acceptors (Lipinski definition) is 4. The second-order valence-electron chi connectivity index (χ2n) is 6.65. The Hall–Kier alpha value is -2.43. The van der Waals surface area contributed by atoms with Gasteiger partial charge >= 0.3 is 0 Å². The van der Waals surface area contributed by atoms with Crippen molar-refractivity contribution in [3.8, 4) is 0 Å². The second kappa shape index (κ2) is 6.59. The van der Waals surface area contributed by atoms with Crippen molar-refractivity contribution in [2.75, 3.05) is 23.3 Å². The third-order valence-corrected chi connectivity index (χ3v) is 5.11. The molecule has 5 nitrogen and oxygen atoms in total. The Balaban J connectivity index is 1.35. The fourth-order valence-electron chi connectivity index (χ4n) is 3.72. The van der Waals surface area contributed by atoms with Crippen LogP contribution in [0.3, 0.4) is 0 Å². The van der Waals surface area contributed by atoms with Crippen molar-refractivity contribution < 1.29 is 4.79 Å². The number of rotatable bonds is 3. The van der Waals surface area contributed by atoms with Crippen LogP contribution in [0.2, 0.25) is 0 Å². The molecule has 1 N–H and O–H groups in total. The highest BCUT2D eigenvalue weighted by Gasteiger charge is 2.26. The van der Waals surface area contributed by atoms with Gasteiger partial charge in [0.25, 0.3) is 0 Å². The summed E-state index contributed by atoms with van der Waals surface area (Å²) in [5.41, 5.74) is 3.77. The lowest BCUT2D eigenvalue weighted by Gasteiger charge is -2.31. The summed E-state index contributed by atoms with van der Waals surface area (Å²) in [5.74, 6) is 1.12. The molecule has 2 aliphatic rings. The van der Waals surface area contributed by atoms with Crippen LogP contribution in [0, 0.1) is 5.92 Å². The number of amides is 1. The molecule has 1 aromatic heterocycles. The molecular weight excluding hydrogens is 300 g/mol. The molecular formula is C19H22N4O. The largest absolute Gasteiger partial charge is 0.355 e. The molecule has 0 bridgehead atoms. The molecule has 24 heavy (non-hydrogen) atoms. The van der Waals surface area contributed by atoms with Gasteiger partial charge in [0.1, 0.15) is 5.82 Å². The molecule has 4 rings (SSSR count). The molecule has 1 aliphatic carbocycles. The van der Waals surface area contributed by atoms with E-state index in [9.17, 15) is 4.79 Å². The molecule has 0 unspecified atom stereocenters. The number of carbonyl (C=O) groups is 1. The standard InChI is InChI=1S/C19H22N4O/c24-19(22-17-5-4-14-2-1-3-16(14)12-17)15-6-10-23(11-7-15)18-13-20-8-9-21-18/h4-5,8-9,12-13,15H,1-3,6-7,10-11H2,(H,22,24). The molecule has 0 saturated carbocycles. The van der Waals surface area contributed by atoms with Gasteiger partial charge in [0, 0.05) is 37.1 Å². The Labute approximate surface area is 142 Å². The van der Waals surface area contributed by atoms with Crippen molar-refractivity contribution in [2.24, 2.45) is 5.92 Å². The van der Waals surface area contributed by atoms with Crippen LogP contribution in [0.1, 0.15) is 30.4 Å². The number of aryl methyl sites for hydroxylation is 2. The van der Waals surface area contributed by atoms with Gasteiger partial charge < -0.3 is 10.2 Å². The van der Waals surface area contributed by atoms with E-state index in [1.165, 1.54) is 24.0 Å². The van der Waals surface area contributed by atoms with Crippen molar-refractivity contribution in [3.63, 3.8) is 0 Å². The number of hydrogen-bond donors (Lipinski definition) is 1. The monoisotopic (exact) mass is 322 g/mol. The first-order valence-corrected chi connectivity index (χ1v) is 8.73. The number of anilines is 2. The Morgan fingerprint density at radius 3 is 2.75 bits per heavy atom. The molecule has 0 spiro atoms. The lowest BCUT2D eigenvalue weighted by molar-refractivity contribution is -0.120. The molecule has 2 heterocycles. The van der Waals surface area contributed by atoms with E-state index in [4.69, 9.17) is 0 Å². The van der Waals surface area contributed by atoms with Gasteiger partial charge in [-0.15, -0.1) is 0 Å². The minimum absolute atomic E-state index is 0.0752. The van der Waals surface area contributed by atoms with Gasteiger partial charge in [-0.25, -0.2) is 4.98 Å². The van der Waals surface area contributed by atoms with Gasteiger partial charge in [-0.3, -0.25) is 9.78 Å². The van der Waals surface area contributed by atoms with E-state index in [2.05, 4.69) is 32.3 Å². The van der Waals surface area contributed by atoms with Gasteiger partial charge in [-0.2, -0.15) is 0 Å². The van der Waals surface area contributed by atoms with Crippen molar-refractivity contribution in [1.82, 2.24) is 9.97 Å². The van der Waals surface area contributed by atoms with Crippen LogP contribution >= 0.6 is 0 Å². The predicted molar refractivity (Wildman–Crippen MR) is 94.1 cm³/mol. The first kappa shape index (κ1) is 15.1. The van der Waals surface area contributed by atoms with Gasteiger partial charge in [-0.1, -0.05) is 6.07 Å². The summed E-state index contributed by atoms with van der Waals surface area (Å²) in [5, 5.41) is 3.11. The number of carbonyl (C=O) groups excluding carboxylic acids is 1. The molecule has 1 aliphatic heterocycles. The van der Waals surface area contributed by atoms with Crippen molar-refractivity contribution >= 4 is 17.4 Å². The molecule has 1 aromatic carbocycles. The first-order valence-electron chi connectivity index (χ1n) is 8.73. The molecule has 1 fully saturated rings. The first-order chi connectivity index (χ1) is 11.8. The van der Waals surface area contributed by atoms with E-state index in [0.29, 0.717) is 0 Å². The lowest BCUT2D eigenvalue weighted by Crippen LogP contribution is -2.38. The van der Waals surface area contributed by atoms with Crippen LogP contribution in [0.15, 0.2) is 36.8 Å². The summed E-state index contributed by atoms with van der Waals surface area (Å²) >= 11 is 0. The topological polar surface area (TPSA) is 58.1 Å². The number of nitrogens with zero attached hydrogens (tertiary/aromatic N) is 3. The SMILES string of the molecule is O=C(Nc1ccc2c(c1)CCC2)C1CCN(c2cnccn2)CC1. The quantitative estimate of drug-likeness (QED) is 0.944. The molecule has 0 radical (unpaired) electrons. The molecule has 124 valence electrons. The third-order valence-electron chi connectivity index (χ3n) is 5.11. The highest BCUT2D eigenvalue weighted by molar-refractivity contribution is 5.92. The summed E-state index contributed by atoms with van der Waals surface area (Å²) in [6.45, 7) is 1.70. The lowest BCUT2D eigenvalue weighted by atomic mass is 9.95. The van der Waals surface area contributed by atoms with Crippen LogP contribution < -0.4 is 10.2 Å². The van der Waals surface area contributed by atoms with Gasteiger partial charge in [0.15, 0.2) is 0 Å². The van der Waals surface area contributed by atoms with E-state index in [1.54, 1.807) is 18.6 Å². The third kappa shape index (κ3) is 3.11. The van der Waals surface area contributed by atoms with Crippen LogP contribution in [-0.2, 0) is 17.6 Å². The summed E-state index contributed by atoms with van der Waals surface area (Å²) < 4.78 is 0. The van der Waals surface area contributed by atoms with E-state index < -0.39 is 0 Å². The zero-order chi connectivity index (χ0) is 16.4. The van der Waals surface area contributed by atoms with Crippen LogP contribution in [-0.4, -0.2) is 29.0 Å². The summed E-state index contributed by atoms with van der Waals surface area (Å²) in [6, 6.07) is 6.35. The van der Waals surface area contributed by atoms with Gasteiger partial charge in [0.2, 0.25) is 5.91 Å². The average molecular weight is 322 g/mol. The summed E-state index contributed by atoms with van der Waals surface area (Å²) in [4.78, 5) is 23.2. The Morgan fingerprint density at radius 2 is 1.96 bits per heavy atom. The number of aromatic nitrogens is 2. The van der Waals surface area contributed by atoms with Crippen LogP contribution in [0.25, 0.3) is 0 Å².